The molecule has 0 radical (unpaired) electrons. The minimum Gasteiger partial charge on any atom is -0.483 e. The van der Waals surface area contributed by atoms with Gasteiger partial charge in [-0.1, -0.05) is 25.1 Å². The van der Waals surface area contributed by atoms with Crippen molar-refractivity contribution in [1.29, 1.82) is 0 Å². The number of esters is 1. The Hall–Kier alpha value is -4.07. The van der Waals surface area contributed by atoms with Gasteiger partial charge in [-0.05, 0) is 48.2 Å². The first-order valence-electron chi connectivity index (χ1n) is 11.6. The molecule has 8 nitrogen and oxygen atoms in total. The van der Waals surface area contributed by atoms with Gasteiger partial charge in [0.25, 0.3) is 5.91 Å². The van der Waals surface area contributed by atoms with Crippen molar-refractivity contribution in [3.05, 3.63) is 75.3 Å². The number of hydrogen-bond donors (Lipinski definition) is 1. The van der Waals surface area contributed by atoms with Crippen LogP contribution in [0.3, 0.4) is 0 Å². The largest absolute Gasteiger partial charge is 0.483 e. The number of methoxy groups -OCH3 is 1. The van der Waals surface area contributed by atoms with Crippen molar-refractivity contribution in [2.45, 2.75) is 39.3 Å². The summed E-state index contributed by atoms with van der Waals surface area (Å²) >= 11 is 0. The lowest BCUT2D eigenvalue weighted by Gasteiger charge is -2.33. The number of fused-ring (bicyclic) bond motifs is 4. The molecule has 0 saturated heterocycles. The van der Waals surface area contributed by atoms with Gasteiger partial charge in [-0.25, -0.2) is 9.59 Å². The Bertz CT molecular complexity index is 1520. The molecule has 1 atom stereocenters. The molecule has 1 N–H and O–H groups in total. The van der Waals surface area contributed by atoms with Crippen LogP contribution < -0.4 is 10.4 Å². The first-order valence-corrected chi connectivity index (χ1v) is 11.6. The fraction of sp³-hybridized carbons (Fsp3) is 0.296. The van der Waals surface area contributed by atoms with E-state index in [1.54, 1.807) is 6.07 Å². The Balaban J connectivity index is 1.45. The summed E-state index contributed by atoms with van der Waals surface area (Å²) in [6.07, 6.45) is 0.964. The second-order valence-corrected chi connectivity index (χ2v) is 8.76. The molecule has 2 aromatic heterocycles. The van der Waals surface area contributed by atoms with Crippen LogP contribution in [0.1, 0.15) is 29.3 Å². The van der Waals surface area contributed by atoms with Gasteiger partial charge in [-0.3, -0.25) is 4.79 Å². The van der Waals surface area contributed by atoms with Gasteiger partial charge >= 0.3 is 11.6 Å². The molecule has 0 bridgehead atoms. The Morgan fingerprint density at radius 3 is 2.77 bits per heavy atom. The maximum atomic E-state index is 13.4. The highest BCUT2D eigenvalue weighted by Crippen LogP contribution is 2.32. The zero-order chi connectivity index (χ0) is 24.7. The van der Waals surface area contributed by atoms with E-state index >= 15 is 0 Å². The van der Waals surface area contributed by atoms with E-state index in [9.17, 15) is 14.4 Å². The van der Waals surface area contributed by atoms with E-state index in [4.69, 9.17) is 13.9 Å². The monoisotopic (exact) mass is 474 g/mol. The number of rotatable bonds is 5. The van der Waals surface area contributed by atoms with Crippen molar-refractivity contribution >= 4 is 33.7 Å². The average Bonchev–Trinajstić information content (AvgIpc) is 3.22. The summed E-state index contributed by atoms with van der Waals surface area (Å²) in [5.74, 6) is -0.341. The SMILES string of the molecule is CCc1cc(=O)oc2cc(C)cc(OCC(=O)N3Cc4[nH]c5ccccc5c4C[C@H]3C(=O)OC)c12. The van der Waals surface area contributed by atoms with E-state index in [1.165, 1.54) is 18.1 Å². The summed E-state index contributed by atoms with van der Waals surface area (Å²) in [4.78, 5) is 42.8. The molecule has 2 aromatic carbocycles. The van der Waals surface area contributed by atoms with Gasteiger partial charge < -0.3 is 23.8 Å². The summed E-state index contributed by atoms with van der Waals surface area (Å²) in [5, 5.41) is 1.71. The van der Waals surface area contributed by atoms with Gasteiger partial charge in [-0.2, -0.15) is 0 Å². The summed E-state index contributed by atoms with van der Waals surface area (Å²) in [7, 11) is 1.32. The fourth-order valence-corrected chi connectivity index (χ4v) is 4.90. The van der Waals surface area contributed by atoms with E-state index < -0.39 is 17.6 Å². The number of amides is 1. The predicted octanol–water partition coefficient (Wildman–Crippen LogP) is 3.65. The first kappa shape index (κ1) is 22.7. The first-order chi connectivity index (χ1) is 16.9. The fourth-order valence-electron chi connectivity index (χ4n) is 4.90. The molecule has 1 aliphatic heterocycles. The highest BCUT2D eigenvalue weighted by molar-refractivity contribution is 5.91. The molecule has 1 aliphatic rings. The molecule has 5 rings (SSSR count). The lowest BCUT2D eigenvalue weighted by Crippen LogP contribution is -2.50. The van der Waals surface area contributed by atoms with Crippen LogP contribution >= 0.6 is 0 Å². The van der Waals surface area contributed by atoms with Crippen LogP contribution in [0.4, 0.5) is 0 Å². The maximum Gasteiger partial charge on any atom is 0.336 e. The van der Waals surface area contributed by atoms with Crippen LogP contribution in [0.25, 0.3) is 21.9 Å². The number of para-hydroxylation sites is 1. The molecular weight excluding hydrogens is 448 g/mol. The van der Waals surface area contributed by atoms with Gasteiger partial charge in [0, 0.05) is 29.1 Å². The van der Waals surface area contributed by atoms with Crippen molar-refractivity contribution in [2.75, 3.05) is 13.7 Å². The minimum absolute atomic E-state index is 0.246. The van der Waals surface area contributed by atoms with Crippen LogP contribution in [0.2, 0.25) is 0 Å². The highest BCUT2D eigenvalue weighted by atomic mass is 16.5. The zero-order valence-corrected chi connectivity index (χ0v) is 19.8. The standard InChI is InChI=1S/C27H26N2O6/c1-4-16-11-25(31)35-23-10-15(2)9-22(26(16)23)34-14-24(30)29-13-20-18(12-21(29)27(32)33-3)17-7-5-6-8-19(17)28-20/h5-11,21,28H,4,12-14H2,1-3H3/t21-/m0/s1. The summed E-state index contributed by atoms with van der Waals surface area (Å²) in [6, 6.07) is 12.2. The molecule has 0 saturated carbocycles. The van der Waals surface area contributed by atoms with Crippen molar-refractivity contribution in [1.82, 2.24) is 9.88 Å². The zero-order valence-electron chi connectivity index (χ0n) is 19.8. The van der Waals surface area contributed by atoms with E-state index in [2.05, 4.69) is 4.98 Å². The van der Waals surface area contributed by atoms with Crippen LogP contribution in [0.5, 0.6) is 5.75 Å². The second-order valence-electron chi connectivity index (χ2n) is 8.76. The van der Waals surface area contributed by atoms with Crippen molar-refractivity contribution in [2.24, 2.45) is 0 Å². The highest BCUT2D eigenvalue weighted by Gasteiger charge is 2.37. The maximum absolute atomic E-state index is 13.4. The van der Waals surface area contributed by atoms with E-state index in [0.29, 0.717) is 29.6 Å². The minimum atomic E-state index is -0.749. The molecule has 3 heterocycles. The average molecular weight is 475 g/mol. The Morgan fingerprint density at radius 1 is 1.20 bits per heavy atom. The molecule has 0 spiro atoms. The third-order valence-corrected chi connectivity index (χ3v) is 6.56. The molecule has 0 fully saturated rings. The number of aromatic nitrogens is 1. The Labute approximate surface area is 201 Å². The van der Waals surface area contributed by atoms with Crippen LogP contribution in [-0.2, 0) is 33.7 Å². The number of ether oxygens (including phenoxy) is 2. The quantitative estimate of drug-likeness (QED) is 0.350. The summed E-state index contributed by atoms with van der Waals surface area (Å²) in [6.45, 7) is 3.78. The second kappa shape index (κ2) is 8.94. The molecule has 0 unspecified atom stereocenters. The molecule has 8 heteroatoms. The molecule has 35 heavy (non-hydrogen) atoms. The third-order valence-electron chi connectivity index (χ3n) is 6.56. The van der Waals surface area contributed by atoms with Crippen LogP contribution in [0.15, 0.2) is 51.7 Å². The number of nitrogens with one attached hydrogen (secondary N) is 1. The summed E-state index contributed by atoms with van der Waals surface area (Å²) in [5.41, 5.74) is 4.50. The van der Waals surface area contributed by atoms with Gasteiger partial charge in [0.1, 0.15) is 17.4 Å². The van der Waals surface area contributed by atoms with Gasteiger partial charge in [0.2, 0.25) is 0 Å². The van der Waals surface area contributed by atoms with Crippen molar-refractivity contribution in [3.63, 3.8) is 0 Å². The van der Waals surface area contributed by atoms with Crippen LogP contribution in [0, 0.1) is 6.92 Å². The Kier molecular flexibility index (Phi) is 5.80. The van der Waals surface area contributed by atoms with Crippen LogP contribution in [-0.4, -0.2) is 41.5 Å². The summed E-state index contributed by atoms with van der Waals surface area (Å²) < 4.78 is 16.4. The van der Waals surface area contributed by atoms with Gasteiger partial charge in [0.15, 0.2) is 6.61 Å². The smallest absolute Gasteiger partial charge is 0.336 e. The van der Waals surface area contributed by atoms with Gasteiger partial charge in [0.05, 0.1) is 19.0 Å². The molecule has 180 valence electrons. The number of benzene rings is 2. The predicted molar refractivity (Wildman–Crippen MR) is 130 cm³/mol. The third kappa shape index (κ3) is 4.05. The molecule has 4 aromatic rings. The van der Waals surface area contributed by atoms with Gasteiger partial charge in [-0.15, -0.1) is 0 Å². The number of hydrogen-bond acceptors (Lipinski definition) is 6. The molecule has 0 aliphatic carbocycles. The number of aromatic amines is 1. The number of carbonyl (C=O) groups is 2. The lowest BCUT2D eigenvalue weighted by molar-refractivity contribution is -0.154. The molecule has 1 amide bonds. The number of aryl methyl sites for hydroxylation is 2. The van der Waals surface area contributed by atoms with E-state index in [0.717, 1.165) is 33.3 Å². The van der Waals surface area contributed by atoms with Crippen molar-refractivity contribution in [3.8, 4) is 5.75 Å². The number of H-pyrrole nitrogens is 1. The normalized spacial score (nSPS) is 15.3. The lowest BCUT2D eigenvalue weighted by atomic mass is 9.96. The molecular formula is C27H26N2O6. The van der Waals surface area contributed by atoms with E-state index in [1.807, 2.05) is 44.2 Å². The number of carbonyl (C=O) groups excluding carboxylic acids is 2. The number of nitrogens with zero attached hydrogens (tertiary/aromatic N) is 1. The topological polar surface area (TPSA) is 102 Å². The van der Waals surface area contributed by atoms with Crippen molar-refractivity contribution < 1.29 is 23.5 Å². The van der Waals surface area contributed by atoms with E-state index in [-0.39, 0.29) is 19.1 Å². The Morgan fingerprint density at radius 2 is 2.00 bits per heavy atom.